The smallest absolute Gasteiger partial charge is 0.256 e. The van der Waals surface area contributed by atoms with Crippen LogP contribution in [0.25, 0.3) is 0 Å². The Kier molecular flexibility index (Phi) is 4.21. The summed E-state index contributed by atoms with van der Waals surface area (Å²) >= 11 is 1.43. The number of anilines is 1. The van der Waals surface area contributed by atoms with Crippen LogP contribution in [-0.2, 0) is 12.0 Å². The van der Waals surface area contributed by atoms with E-state index in [1.807, 2.05) is 6.07 Å². The lowest BCUT2D eigenvalue weighted by atomic mass is 9.81. The molecule has 0 unspecified atom stereocenters. The first kappa shape index (κ1) is 17.6. The summed E-state index contributed by atoms with van der Waals surface area (Å²) in [5.74, 6) is -0.749. The van der Waals surface area contributed by atoms with Crippen LogP contribution in [-0.4, -0.2) is 17.4 Å². The molecule has 0 radical (unpaired) electrons. The molecule has 1 aromatic carbocycles. The van der Waals surface area contributed by atoms with Crippen LogP contribution >= 0.6 is 11.3 Å². The lowest BCUT2D eigenvalue weighted by Crippen LogP contribution is -2.55. The summed E-state index contributed by atoms with van der Waals surface area (Å²) in [4.78, 5) is 25.7. The van der Waals surface area contributed by atoms with Gasteiger partial charge in [-0.3, -0.25) is 9.59 Å². The molecule has 0 fully saturated rings. The van der Waals surface area contributed by atoms with Gasteiger partial charge in [-0.25, -0.2) is 0 Å². The number of nitrogens with two attached hydrogens (primary N) is 1. The molecule has 1 aliphatic heterocycles. The van der Waals surface area contributed by atoms with Crippen molar-refractivity contribution < 1.29 is 9.59 Å². The first-order valence-corrected chi connectivity index (χ1v) is 9.04. The van der Waals surface area contributed by atoms with Gasteiger partial charge in [0, 0.05) is 21.5 Å². The van der Waals surface area contributed by atoms with Gasteiger partial charge in [0.15, 0.2) is 0 Å². The van der Waals surface area contributed by atoms with E-state index in [0.29, 0.717) is 22.5 Å². The van der Waals surface area contributed by atoms with Gasteiger partial charge in [-0.15, -0.1) is 11.3 Å². The molecule has 132 valence electrons. The van der Waals surface area contributed by atoms with E-state index in [9.17, 15) is 9.59 Å². The van der Waals surface area contributed by atoms with Crippen LogP contribution in [0.2, 0.25) is 0 Å². The van der Waals surface area contributed by atoms with Crippen molar-refractivity contribution in [3.63, 3.8) is 0 Å². The summed E-state index contributed by atoms with van der Waals surface area (Å²) in [6.07, 6.45) is 0.682. The Bertz CT molecular complexity index is 838. The molecule has 3 rings (SSSR count). The summed E-state index contributed by atoms with van der Waals surface area (Å²) in [7, 11) is 0. The molecule has 25 heavy (non-hydrogen) atoms. The van der Waals surface area contributed by atoms with Crippen molar-refractivity contribution in [2.75, 3.05) is 5.32 Å². The van der Waals surface area contributed by atoms with Crippen LogP contribution in [0.5, 0.6) is 0 Å². The molecule has 1 aliphatic rings. The van der Waals surface area contributed by atoms with Gasteiger partial charge in [0.05, 0.1) is 5.56 Å². The predicted molar refractivity (Wildman–Crippen MR) is 101 cm³/mol. The molecule has 0 bridgehead atoms. The number of hydrogen-bond donors (Lipinski definition) is 3. The third-order valence-corrected chi connectivity index (χ3v) is 5.82. The number of fused-ring (bicyclic) bond motifs is 1. The first-order valence-electron chi connectivity index (χ1n) is 8.22. The summed E-state index contributed by atoms with van der Waals surface area (Å²) in [5.41, 5.74) is 7.12. The van der Waals surface area contributed by atoms with E-state index in [-0.39, 0.29) is 17.0 Å². The zero-order valence-electron chi connectivity index (χ0n) is 14.9. The van der Waals surface area contributed by atoms with E-state index in [2.05, 4.69) is 38.3 Å². The number of hydrogen-bond acceptors (Lipinski definition) is 4. The Labute approximate surface area is 151 Å². The molecule has 0 saturated heterocycles. The molecule has 2 amide bonds. The van der Waals surface area contributed by atoms with Gasteiger partial charge in [0.1, 0.15) is 5.00 Å². The van der Waals surface area contributed by atoms with Crippen LogP contribution in [0.1, 0.15) is 58.9 Å². The average molecular weight is 357 g/mol. The molecule has 2 aromatic rings. The van der Waals surface area contributed by atoms with E-state index in [1.165, 1.54) is 11.3 Å². The van der Waals surface area contributed by atoms with E-state index in [1.54, 1.807) is 24.3 Å². The summed E-state index contributed by atoms with van der Waals surface area (Å²) in [5, 5.41) is 7.01. The molecule has 0 saturated carbocycles. The highest BCUT2D eigenvalue weighted by Crippen LogP contribution is 2.44. The monoisotopic (exact) mass is 357 g/mol. The van der Waals surface area contributed by atoms with Gasteiger partial charge < -0.3 is 16.4 Å². The number of amides is 2. The fourth-order valence-corrected chi connectivity index (χ4v) is 4.92. The van der Waals surface area contributed by atoms with Gasteiger partial charge in [-0.05, 0) is 51.8 Å². The average Bonchev–Trinajstić information content (AvgIpc) is 2.85. The number of benzene rings is 1. The number of rotatable bonds is 3. The Morgan fingerprint density at radius 2 is 1.80 bits per heavy atom. The zero-order valence-corrected chi connectivity index (χ0v) is 15.7. The molecule has 6 heteroatoms. The Morgan fingerprint density at radius 1 is 1.16 bits per heavy atom. The first-order chi connectivity index (χ1) is 11.6. The quantitative estimate of drug-likeness (QED) is 0.788. The van der Waals surface area contributed by atoms with Gasteiger partial charge in [-0.1, -0.05) is 18.2 Å². The highest BCUT2D eigenvalue weighted by Gasteiger charge is 2.41. The Morgan fingerprint density at radius 3 is 2.40 bits per heavy atom. The van der Waals surface area contributed by atoms with Crippen molar-refractivity contribution in [1.82, 2.24) is 5.32 Å². The van der Waals surface area contributed by atoms with Gasteiger partial charge in [0.2, 0.25) is 0 Å². The largest absolute Gasteiger partial charge is 0.365 e. The van der Waals surface area contributed by atoms with Crippen LogP contribution in [0.3, 0.4) is 0 Å². The van der Waals surface area contributed by atoms with E-state index < -0.39 is 5.91 Å². The predicted octanol–water partition coefficient (Wildman–Crippen LogP) is 3.26. The molecule has 5 nitrogen and oxygen atoms in total. The lowest BCUT2D eigenvalue weighted by molar-refractivity contribution is 0.0999. The maximum atomic E-state index is 12.5. The molecule has 2 heterocycles. The maximum Gasteiger partial charge on any atom is 0.256 e. The second kappa shape index (κ2) is 5.97. The summed E-state index contributed by atoms with van der Waals surface area (Å²) in [6.45, 7) is 8.36. The SMILES string of the molecule is CC1(C)Cc2c(sc(NC(=O)c3ccccc3)c2C(N)=O)C(C)(C)N1. The molecular formula is C19H23N3O2S. The Hall–Kier alpha value is -2.18. The number of thiophene rings is 1. The topological polar surface area (TPSA) is 84.2 Å². The van der Waals surface area contributed by atoms with Crippen molar-refractivity contribution in [2.24, 2.45) is 5.73 Å². The lowest BCUT2D eigenvalue weighted by Gasteiger charge is -2.42. The molecular weight excluding hydrogens is 334 g/mol. The van der Waals surface area contributed by atoms with Crippen LogP contribution < -0.4 is 16.4 Å². The molecule has 0 aliphatic carbocycles. The number of nitrogens with one attached hydrogen (secondary N) is 2. The maximum absolute atomic E-state index is 12.5. The van der Waals surface area contributed by atoms with Crippen molar-refractivity contribution >= 4 is 28.2 Å². The number of primary amides is 1. The fraction of sp³-hybridized carbons (Fsp3) is 0.368. The minimum Gasteiger partial charge on any atom is -0.365 e. The molecule has 4 N–H and O–H groups in total. The summed E-state index contributed by atoms with van der Waals surface area (Å²) in [6, 6.07) is 8.94. The highest BCUT2D eigenvalue weighted by atomic mass is 32.1. The van der Waals surface area contributed by atoms with Gasteiger partial charge in [-0.2, -0.15) is 0 Å². The molecule has 0 atom stereocenters. The van der Waals surface area contributed by atoms with Crippen molar-refractivity contribution in [3.05, 3.63) is 51.9 Å². The Balaban J connectivity index is 2.06. The highest BCUT2D eigenvalue weighted by molar-refractivity contribution is 7.17. The van der Waals surface area contributed by atoms with Gasteiger partial charge >= 0.3 is 0 Å². The molecule has 0 spiro atoms. The van der Waals surface area contributed by atoms with Gasteiger partial charge in [0.25, 0.3) is 11.8 Å². The van der Waals surface area contributed by atoms with Crippen LogP contribution in [0.4, 0.5) is 5.00 Å². The van der Waals surface area contributed by atoms with E-state index in [0.717, 1.165) is 10.4 Å². The summed E-state index contributed by atoms with van der Waals surface area (Å²) < 4.78 is 0. The number of carbonyl (C=O) groups excluding carboxylic acids is 2. The van der Waals surface area contributed by atoms with Crippen molar-refractivity contribution in [2.45, 2.75) is 45.2 Å². The zero-order chi connectivity index (χ0) is 18.4. The normalized spacial score (nSPS) is 17.6. The van der Waals surface area contributed by atoms with Crippen molar-refractivity contribution in [1.29, 1.82) is 0 Å². The van der Waals surface area contributed by atoms with Crippen molar-refractivity contribution in [3.8, 4) is 0 Å². The minimum absolute atomic E-state index is 0.164. The third-order valence-electron chi connectivity index (χ3n) is 4.35. The van der Waals surface area contributed by atoms with Crippen LogP contribution in [0, 0.1) is 0 Å². The third kappa shape index (κ3) is 3.32. The standard InChI is InChI=1S/C19H23N3O2S/c1-18(2)10-12-13(15(20)23)17(25-14(12)19(3,4)22-18)21-16(24)11-8-6-5-7-9-11/h5-9,22H,10H2,1-4H3,(H2,20,23)(H,21,24). The number of carbonyl (C=O) groups is 2. The van der Waals surface area contributed by atoms with Crippen LogP contribution in [0.15, 0.2) is 30.3 Å². The van der Waals surface area contributed by atoms with E-state index >= 15 is 0 Å². The van der Waals surface area contributed by atoms with E-state index in [4.69, 9.17) is 5.73 Å². The fourth-order valence-electron chi connectivity index (χ4n) is 3.64. The minimum atomic E-state index is -0.505. The molecule has 1 aromatic heterocycles. The second-order valence-electron chi connectivity index (χ2n) is 7.61. The second-order valence-corrected chi connectivity index (χ2v) is 8.63.